The summed E-state index contributed by atoms with van der Waals surface area (Å²) >= 11 is 0. The van der Waals surface area contributed by atoms with Crippen LogP contribution in [0.15, 0.2) is 0 Å². The summed E-state index contributed by atoms with van der Waals surface area (Å²) in [5.41, 5.74) is 0. The molecule has 0 amide bonds. The fourth-order valence-electron chi connectivity index (χ4n) is 2.18. The molecule has 0 aromatic rings. The van der Waals surface area contributed by atoms with Crippen LogP contribution in [0.2, 0.25) is 0 Å². The van der Waals surface area contributed by atoms with E-state index in [1.54, 1.807) is 14.0 Å². The van der Waals surface area contributed by atoms with Gasteiger partial charge in [-0.05, 0) is 38.1 Å². The van der Waals surface area contributed by atoms with E-state index >= 15 is 0 Å². The van der Waals surface area contributed by atoms with Gasteiger partial charge in [-0.2, -0.15) is 0 Å². The highest BCUT2D eigenvalue weighted by molar-refractivity contribution is 7.91. The van der Waals surface area contributed by atoms with Gasteiger partial charge in [0.2, 0.25) is 0 Å². The Balaban J connectivity index is 4.12. The molecule has 2 atom stereocenters. The first-order chi connectivity index (χ1) is 8.95. The van der Waals surface area contributed by atoms with Crippen LogP contribution in [0.25, 0.3) is 0 Å². The molecule has 116 valence electrons. The first-order valence-electron chi connectivity index (χ1n) is 7.37. The number of methoxy groups -OCH3 is 1. The van der Waals surface area contributed by atoms with Crippen LogP contribution in [-0.4, -0.2) is 46.2 Å². The van der Waals surface area contributed by atoms with E-state index in [0.717, 1.165) is 38.8 Å². The highest BCUT2D eigenvalue weighted by atomic mass is 32.2. The molecule has 1 N–H and O–H groups in total. The van der Waals surface area contributed by atoms with Gasteiger partial charge < -0.3 is 10.1 Å². The quantitative estimate of drug-likeness (QED) is 0.599. The number of hydrogen-bond acceptors (Lipinski definition) is 4. The molecule has 0 bridgehead atoms. The Labute approximate surface area is 119 Å². The fourth-order valence-corrected chi connectivity index (χ4v) is 3.08. The third-order valence-electron chi connectivity index (χ3n) is 3.27. The van der Waals surface area contributed by atoms with Crippen LogP contribution in [0.5, 0.6) is 0 Å². The van der Waals surface area contributed by atoms with Gasteiger partial charge in [0.05, 0.1) is 5.75 Å². The summed E-state index contributed by atoms with van der Waals surface area (Å²) in [5.74, 6) is 1.06. The van der Waals surface area contributed by atoms with Crippen LogP contribution >= 0.6 is 0 Å². The molecular formula is C14H31NO3S. The van der Waals surface area contributed by atoms with Crippen LogP contribution in [-0.2, 0) is 14.6 Å². The minimum absolute atomic E-state index is 0.250. The smallest absolute Gasteiger partial charge is 0.150 e. The van der Waals surface area contributed by atoms with Crippen molar-refractivity contribution in [2.75, 3.05) is 31.8 Å². The number of rotatable bonds is 12. The average molecular weight is 293 g/mol. The van der Waals surface area contributed by atoms with Gasteiger partial charge in [-0.3, -0.25) is 0 Å². The molecule has 0 rings (SSSR count). The van der Waals surface area contributed by atoms with Gasteiger partial charge in [-0.15, -0.1) is 0 Å². The van der Waals surface area contributed by atoms with Crippen LogP contribution in [0, 0.1) is 5.92 Å². The summed E-state index contributed by atoms with van der Waals surface area (Å²) in [7, 11) is -1.11. The minimum atomic E-state index is -2.83. The molecule has 0 radical (unpaired) electrons. The molecule has 0 saturated heterocycles. The number of sulfone groups is 1. The zero-order chi connectivity index (χ0) is 14.7. The van der Waals surface area contributed by atoms with E-state index in [2.05, 4.69) is 19.2 Å². The molecule has 0 fully saturated rings. The van der Waals surface area contributed by atoms with E-state index < -0.39 is 9.84 Å². The van der Waals surface area contributed by atoms with Gasteiger partial charge in [0.15, 0.2) is 0 Å². The van der Waals surface area contributed by atoms with E-state index in [-0.39, 0.29) is 5.75 Å². The molecule has 0 aromatic carbocycles. The summed E-state index contributed by atoms with van der Waals surface area (Å²) < 4.78 is 28.1. The second-order valence-corrected chi connectivity index (χ2v) is 7.80. The van der Waals surface area contributed by atoms with Crippen molar-refractivity contribution in [2.45, 2.75) is 52.5 Å². The summed E-state index contributed by atoms with van der Waals surface area (Å²) in [6.45, 7) is 7.78. The highest BCUT2D eigenvalue weighted by Crippen LogP contribution is 2.12. The summed E-state index contributed by atoms with van der Waals surface area (Å²) in [5, 5.41) is 3.51. The number of nitrogens with one attached hydrogen (secondary N) is 1. The second kappa shape index (κ2) is 10.6. The van der Waals surface area contributed by atoms with Crippen molar-refractivity contribution in [1.82, 2.24) is 5.32 Å². The average Bonchev–Trinajstić information content (AvgIpc) is 2.35. The largest absolute Gasteiger partial charge is 0.384 e. The third-order valence-corrected chi connectivity index (χ3v) is 5.06. The van der Waals surface area contributed by atoms with Crippen molar-refractivity contribution in [3.05, 3.63) is 0 Å². The molecule has 5 heteroatoms. The summed E-state index contributed by atoms with van der Waals surface area (Å²) in [6.07, 6.45) is 3.81. The Kier molecular flexibility index (Phi) is 10.6. The van der Waals surface area contributed by atoms with E-state index in [9.17, 15) is 8.42 Å². The van der Waals surface area contributed by atoms with Crippen LogP contribution in [0.1, 0.15) is 46.5 Å². The van der Waals surface area contributed by atoms with Crippen LogP contribution < -0.4 is 5.32 Å². The van der Waals surface area contributed by atoms with Crippen molar-refractivity contribution in [3.8, 4) is 0 Å². The van der Waals surface area contributed by atoms with E-state index in [4.69, 9.17) is 4.74 Å². The van der Waals surface area contributed by atoms with Gasteiger partial charge in [0.25, 0.3) is 0 Å². The van der Waals surface area contributed by atoms with Gasteiger partial charge in [-0.25, -0.2) is 8.42 Å². The zero-order valence-electron chi connectivity index (χ0n) is 12.9. The van der Waals surface area contributed by atoms with Crippen LogP contribution in [0.3, 0.4) is 0 Å². The highest BCUT2D eigenvalue weighted by Gasteiger charge is 2.14. The predicted octanol–water partition coefficient (Wildman–Crippen LogP) is 2.24. The van der Waals surface area contributed by atoms with Crippen molar-refractivity contribution in [1.29, 1.82) is 0 Å². The van der Waals surface area contributed by atoms with Crippen molar-refractivity contribution >= 4 is 9.84 Å². The van der Waals surface area contributed by atoms with Crippen molar-refractivity contribution in [2.24, 2.45) is 5.92 Å². The molecule has 19 heavy (non-hydrogen) atoms. The molecule has 4 nitrogen and oxygen atoms in total. The maximum Gasteiger partial charge on any atom is 0.150 e. The number of hydrogen-bond donors (Lipinski definition) is 1. The molecule has 0 aliphatic heterocycles. The van der Waals surface area contributed by atoms with Gasteiger partial charge >= 0.3 is 0 Å². The maximum absolute atomic E-state index is 11.5. The summed E-state index contributed by atoms with van der Waals surface area (Å²) in [6, 6.07) is 0.400. The monoisotopic (exact) mass is 293 g/mol. The molecule has 0 aromatic heterocycles. The van der Waals surface area contributed by atoms with Crippen molar-refractivity contribution in [3.63, 3.8) is 0 Å². The van der Waals surface area contributed by atoms with Gasteiger partial charge in [0, 0.05) is 25.5 Å². The maximum atomic E-state index is 11.5. The topological polar surface area (TPSA) is 55.4 Å². The molecule has 0 aliphatic carbocycles. The molecule has 0 aliphatic rings. The second-order valence-electron chi connectivity index (χ2n) is 5.33. The lowest BCUT2D eigenvalue weighted by atomic mass is 9.99. The zero-order valence-corrected chi connectivity index (χ0v) is 13.8. The van der Waals surface area contributed by atoms with Crippen molar-refractivity contribution < 1.29 is 13.2 Å². The molecular weight excluding hydrogens is 262 g/mol. The Bertz CT molecular complexity index is 304. The molecule has 0 saturated carbocycles. The van der Waals surface area contributed by atoms with E-state index in [0.29, 0.717) is 17.7 Å². The lowest BCUT2D eigenvalue weighted by Gasteiger charge is -2.22. The standard InChI is InChI=1S/C14H31NO3S/c1-5-9-15-14(11-13(3)12-18-4)8-7-10-19(16,17)6-2/h13-15H,5-12H2,1-4H3. The first kappa shape index (κ1) is 18.9. The normalized spacial score (nSPS) is 15.4. The van der Waals surface area contributed by atoms with Gasteiger partial charge in [-0.1, -0.05) is 20.8 Å². The first-order valence-corrected chi connectivity index (χ1v) is 9.20. The predicted molar refractivity (Wildman–Crippen MR) is 81.3 cm³/mol. The fraction of sp³-hybridized carbons (Fsp3) is 1.00. The molecule has 2 unspecified atom stereocenters. The minimum Gasteiger partial charge on any atom is -0.384 e. The molecule has 0 spiro atoms. The Morgan fingerprint density at radius 1 is 1.26 bits per heavy atom. The van der Waals surface area contributed by atoms with E-state index in [1.165, 1.54) is 0 Å². The summed E-state index contributed by atoms with van der Waals surface area (Å²) in [4.78, 5) is 0. The third kappa shape index (κ3) is 10.3. The number of ether oxygens (including phenoxy) is 1. The Morgan fingerprint density at radius 3 is 2.47 bits per heavy atom. The Morgan fingerprint density at radius 2 is 1.95 bits per heavy atom. The molecule has 0 heterocycles. The lowest BCUT2D eigenvalue weighted by molar-refractivity contribution is 0.148. The van der Waals surface area contributed by atoms with Crippen LogP contribution in [0.4, 0.5) is 0 Å². The van der Waals surface area contributed by atoms with Gasteiger partial charge in [0.1, 0.15) is 9.84 Å². The lowest BCUT2D eigenvalue weighted by Crippen LogP contribution is -2.32. The van der Waals surface area contributed by atoms with E-state index in [1.807, 2.05) is 0 Å². The Hall–Kier alpha value is -0.130. The SMILES string of the molecule is CCCNC(CCCS(=O)(=O)CC)CC(C)COC.